The number of hydrogen-bond donors (Lipinski definition) is 1. The summed E-state index contributed by atoms with van der Waals surface area (Å²) >= 11 is 0. The van der Waals surface area contributed by atoms with Crippen molar-refractivity contribution in [2.75, 3.05) is 0 Å². The Morgan fingerprint density at radius 3 is 2.00 bits per heavy atom. The number of para-hydroxylation sites is 1. The van der Waals surface area contributed by atoms with Crippen molar-refractivity contribution in [3.05, 3.63) is 131 Å². The summed E-state index contributed by atoms with van der Waals surface area (Å²) in [5, 5.41) is 2.69. The van der Waals surface area contributed by atoms with Gasteiger partial charge >= 0.3 is 0 Å². The molecule has 0 bridgehead atoms. The molecule has 0 amide bonds. The van der Waals surface area contributed by atoms with E-state index in [1.54, 1.807) is 0 Å². The van der Waals surface area contributed by atoms with E-state index in [0.717, 1.165) is 25.7 Å². The molecule has 2 heterocycles. The van der Waals surface area contributed by atoms with E-state index >= 15 is 0 Å². The number of allylic oxidation sites excluding steroid dienone is 2. The molecule has 0 radical (unpaired) electrons. The second-order valence-corrected chi connectivity index (χ2v) is 10.5. The minimum absolute atomic E-state index is 1.03. The van der Waals surface area contributed by atoms with Crippen molar-refractivity contribution in [2.24, 2.45) is 0 Å². The first-order chi connectivity index (χ1) is 21.8. The second kappa shape index (κ2) is 14.3. The van der Waals surface area contributed by atoms with Gasteiger partial charge in [0.15, 0.2) is 0 Å². The maximum Gasteiger partial charge on any atom is 0.0538 e. The summed E-state index contributed by atoms with van der Waals surface area (Å²) in [5.41, 5.74) is 14.5. The quantitative estimate of drug-likeness (QED) is 0.216. The van der Waals surface area contributed by atoms with Crippen molar-refractivity contribution in [3.8, 4) is 16.8 Å². The van der Waals surface area contributed by atoms with Crippen molar-refractivity contribution < 1.29 is 0 Å². The Hall–Kier alpha value is -4.56. The molecule has 44 heavy (non-hydrogen) atoms. The lowest BCUT2D eigenvalue weighted by atomic mass is 9.90. The number of aromatic nitrogens is 2. The molecule has 8 rings (SSSR count). The first kappa shape index (κ1) is 30.9. The highest BCUT2D eigenvalue weighted by Crippen LogP contribution is 2.40. The molecule has 0 fully saturated rings. The molecule has 6 aromatic rings. The van der Waals surface area contributed by atoms with Crippen molar-refractivity contribution in [3.63, 3.8) is 0 Å². The van der Waals surface area contributed by atoms with Crippen LogP contribution < -0.4 is 0 Å². The van der Waals surface area contributed by atoms with Gasteiger partial charge < -0.3 is 9.55 Å². The molecule has 2 aromatic heterocycles. The molecule has 0 aliphatic heterocycles. The van der Waals surface area contributed by atoms with Crippen molar-refractivity contribution in [1.82, 2.24) is 9.55 Å². The first-order valence-corrected chi connectivity index (χ1v) is 16.6. The fraction of sp³-hybridized carbons (Fsp3) is 0.238. The van der Waals surface area contributed by atoms with E-state index in [1.165, 1.54) is 72.3 Å². The molecule has 0 atom stereocenters. The van der Waals surface area contributed by atoms with Gasteiger partial charge in [0.25, 0.3) is 0 Å². The van der Waals surface area contributed by atoms with E-state index in [0.29, 0.717) is 0 Å². The van der Waals surface area contributed by atoms with Gasteiger partial charge in [-0.15, -0.1) is 0 Å². The highest BCUT2D eigenvalue weighted by molar-refractivity contribution is 6.01. The zero-order chi connectivity index (χ0) is 31.1. The smallest absolute Gasteiger partial charge is 0.0538 e. The third kappa shape index (κ3) is 5.69. The SMILES string of the molecule is C1=Cc2[nH]c3ccc(-c4ccc5c(c4)c4c(n5-c5ccccc5)CCC(c5ccccc5)=C4)cc3c2CC1.CC.CC.CC. The van der Waals surface area contributed by atoms with Gasteiger partial charge in [-0.2, -0.15) is 0 Å². The van der Waals surface area contributed by atoms with Crippen molar-refractivity contribution in [2.45, 2.75) is 67.2 Å². The van der Waals surface area contributed by atoms with Crippen LogP contribution in [-0.4, -0.2) is 9.55 Å². The monoisotopic (exact) mass is 578 g/mol. The lowest BCUT2D eigenvalue weighted by molar-refractivity contribution is 0.898. The minimum atomic E-state index is 1.03. The normalized spacial score (nSPS) is 12.9. The van der Waals surface area contributed by atoms with Gasteiger partial charge in [-0.05, 0) is 102 Å². The van der Waals surface area contributed by atoms with Gasteiger partial charge in [0.05, 0.1) is 5.52 Å². The van der Waals surface area contributed by atoms with Crippen LogP contribution in [0, 0.1) is 0 Å². The van der Waals surface area contributed by atoms with Crippen LogP contribution in [0.2, 0.25) is 0 Å². The summed E-state index contributed by atoms with van der Waals surface area (Å²) in [6, 6.07) is 35.6. The summed E-state index contributed by atoms with van der Waals surface area (Å²) in [6.45, 7) is 12.0. The topological polar surface area (TPSA) is 20.7 Å². The van der Waals surface area contributed by atoms with Gasteiger partial charge in [-0.1, -0.05) is 108 Å². The number of aryl methyl sites for hydroxylation is 1. The summed E-state index contributed by atoms with van der Waals surface area (Å²) in [6.07, 6.45) is 11.3. The average Bonchev–Trinajstić information content (AvgIpc) is 3.66. The predicted molar refractivity (Wildman–Crippen MR) is 195 cm³/mol. The molecule has 4 aromatic carbocycles. The van der Waals surface area contributed by atoms with Gasteiger partial charge in [0, 0.05) is 38.9 Å². The standard InChI is InChI=1S/C36H28N2.3C2H6/c1-3-9-24(10-4-1)25-16-19-35-31(22-25)32-23-27(17-20-36(32)38(35)28-11-5-2-6-12-28)26-15-18-34-30(21-26)29-13-7-8-14-33(29)37-34;3*1-2/h1-6,8-12,14-15,17-18,20-23,37H,7,13,16,19H2;3*1-2H3. The Morgan fingerprint density at radius 2 is 1.27 bits per heavy atom. The molecule has 0 saturated carbocycles. The molecule has 0 spiro atoms. The Bertz CT molecular complexity index is 1900. The first-order valence-electron chi connectivity index (χ1n) is 16.6. The van der Waals surface area contributed by atoms with Crippen molar-refractivity contribution >= 4 is 39.5 Å². The zero-order valence-corrected chi connectivity index (χ0v) is 27.2. The Labute approximate surface area is 263 Å². The van der Waals surface area contributed by atoms with Crippen LogP contribution in [0.3, 0.4) is 0 Å². The molecular weight excluding hydrogens is 532 g/mol. The van der Waals surface area contributed by atoms with Crippen LogP contribution in [0.1, 0.15) is 82.5 Å². The number of aromatic amines is 1. The third-order valence-electron chi connectivity index (χ3n) is 8.34. The molecule has 1 N–H and O–H groups in total. The number of benzene rings is 4. The van der Waals surface area contributed by atoms with Crippen LogP contribution in [0.5, 0.6) is 0 Å². The van der Waals surface area contributed by atoms with E-state index < -0.39 is 0 Å². The van der Waals surface area contributed by atoms with E-state index in [9.17, 15) is 0 Å². The molecule has 2 nitrogen and oxygen atoms in total. The Balaban J connectivity index is 0.000000606. The zero-order valence-electron chi connectivity index (χ0n) is 27.2. The molecule has 2 aliphatic carbocycles. The maximum absolute atomic E-state index is 3.61. The van der Waals surface area contributed by atoms with E-state index in [2.05, 4.69) is 125 Å². The Morgan fingerprint density at radius 1 is 0.614 bits per heavy atom. The lowest BCUT2D eigenvalue weighted by Crippen LogP contribution is -2.05. The van der Waals surface area contributed by atoms with Gasteiger partial charge in [0.2, 0.25) is 0 Å². The number of rotatable bonds is 3. The fourth-order valence-corrected chi connectivity index (χ4v) is 6.50. The second-order valence-electron chi connectivity index (χ2n) is 10.5. The number of fused-ring (bicyclic) bond motifs is 6. The molecule has 224 valence electrons. The van der Waals surface area contributed by atoms with Crippen LogP contribution in [0.4, 0.5) is 0 Å². The molecule has 0 unspecified atom stereocenters. The number of H-pyrrole nitrogens is 1. The summed E-state index contributed by atoms with van der Waals surface area (Å²) in [5.74, 6) is 0. The molecular formula is C42H46N2. The molecule has 2 aliphatic rings. The van der Waals surface area contributed by atoms with E-state index in [4.69, 9.17) is 0 Å². The van der Waals surface area contributed by atoms with E-state index in [1.807, 2.05) is 41.5 Å². The van der Waals surface area contributed by atoms with Gasteiger partial charge in [-0.25, -0.2) is 0 Å². The van der Waals surface area contributed by atoms with Crippen LogP contribution in [0.25, 0.3) is 56.3 Å². The van der Waals surface area contributed by atoms with Gasteiger partial charge in [0.1, 0.15) is 0 Å². The van der Waals surface area contributed by atoms with Crippen LogP contribution in [-0.2, 0) is 12.8 Å². The largest absolute Gasteiger partial charge is 0.355 e. The summed E-state index contributed by atoms with van der Waals surface area (Å²) < 4.78 is 2.48. The number of nitrogens with one attached hydrogen (secondary N) is 1. The summed E-state index contributed by atoms with van der Waals surface area (Å²) in [7, 11) is 0. The highest BCUT2D eigenvalue weighted by atomic mass is 15.0. The lowest BCUT2D eigenvalue weighted by Gasteiger charge is -2.17. The maximum atomic E-state index is 3.61. The third-order valence-corrected chi connectivity index (χ3v) is 8.34. The van der Waals surface area contributed by atoms with Gasteiger partial charge in [-0.3, -0.25) is 0 Å². The Kier molecular flexibility index (Phi) is 10.0. The van der Waals surface area contributed by atoms with Crippen LogP contribution >= 0.6 is 0 Å². The molecule has 0 saturated heterocycles. The predicted octanol–water partition coefficient (Wildman–Crippen LogP) is 12.3. The van der Waals surface area contributed by atoms with Crippen LogP contribution in [0.15, 0.2) is 103 Å². The number of hydrogen-bond acceptors (Lipinski definition) is 0. The van der Waals surface area contributed by atoms with Crippen molar-refractivity contribution in [1.29, 1.82) is 0 Å². The minimum Gasteiger partial charge on any atom is -0.355 e. The highest BCUT2D eigenvalue weighted by Gasteiger charge is 2.22. The average molecular weight is 579 g/mol. The van der Waals surface area contributed by atoms with E-state index in [-0.39, 0.29) is 0 Å². The summed E-state index contributed by atoms with van der Waals surface area (Å²) in [4.78, 5) is 3.61. The molecule has 2 heteroatoms. The number of nitrogens with zero attached hydrogens (tertiary/aromatic N) is 1. The fourth-order valence-electron chi connectivity index (χ4n) is 6.50.